The van der Waals surface area contributed by atoms with E-state index >= 15 is 0 Å². The van der Waals surface area contributed by atoms with Crippen molar-refractivity contribution in [1.82, 2.24) is 10.6 Å². The number of carbonyl (C=O) groups is 2. The molecule has 1 saturated carbocycles. The fourth-order valence-corrected chi connectivity index (χ4v) is 6.65. The number of hydrogen-bond donors (Lipinski definition) is 2. The molecule has 2 rings (SSSR count). The lowest BCUT2D eigenvalue weighted by molar-refractivity contribution is -0.123. The molecule has 1 atom stereocenters. The largest absolute Gasteiger partial charge is 0.450 e. The maximum absolute atomic E-state index is 13.7. The van der Waals surface area contributed by atoms with Crippen LogP contribution in [0.15, 0.2) is 23.1 Å². The monoisotopic (exact) mass is 452 g/mol. The second-order valence-corrected chi connectivity index (χ2v) is 11.1. The summed E-state index contributed by atoms with van der Waals surface area (Å²) in [6, 6.07) is 4.96. The Morgan fingerprint density at radius 3 is 2.39 bits per heavy atom. The molecule has 1 aliphatic rings. The van der Waals surface area contributed by atoms with Gasteiger partial charge in [-0.1, -0.05) is 38.8 Å². The summed E-state index contributed by atoms with van der Waals surface area (Å²) in [4.78, 5) is 25.5. The van der Waals surface area contributed by atoms with E-state index in [1.54, 1.807) is 26.0 Å². The molecule has 0 heterocycles. The highest BCUT2D eigenvalue weighted by Gasteiger charge is 2.53. The van der Waals surface area contributed by atoms with Crippen LogP contribution in [0, 0.1) is 19.8 Å². The van der Waals surface area contributed by atoms with Crippen molar-refractivity contribution < 1.29 is 22.7 Å². The summed E-state index contributed by atoms with van der Waals surface area (Å²) in [5, 5.41) is 5.61. The first kappa shape index (κ1) is 25.2. The highest BCUT2D eigenvalue weighted by Crippen LogP contribution is 2.41. The second kappa shape index (κ2) is 10.5. The van der Waals surface area contributed by atoms with E-state index in [4.69, 9.17) is 4.74 Å². The number of carbonyl (C=O) groups excluding carboxylic acids is 2. The summed E-state index contributed by atoms with van der Waals surface area (Å²) in [6.45, 7) is 9.77. The number of alkyl carbamates (subject to hydrolysis) is 1. The standard InChI is InChI=1S/C23H36N2O5S/c1-6-30-22(27)25-19(13-16(2)3)15-24-21(26)23(11-7-8-12-23)31(28,29)20-14-17(4)9-10-18(20)5/h9-10,14,16,19H,6-8,11-13,15H2,1-5H3,(H,24,26)(H,25,27). The third kappa shape index (κ3) is 5.79. The minimum Gasteiger partial charge on any atom is -0.450 e. The van der Waals surface area contributed by atoms with Gasteiger partial charge in [-0.25, -0.2) is 13.2 Å². The number of sulfone groups is 1. The van der Waals surface area contributed by atoms with Crippen LogP contribution >= 0.6 is 0 Å². The SMILES string of the molecule is CCOC(=O)NC(CNC(=O)C1(S(=O)(=O)c2cc(C)ccc2C)CCCC1)CC(C)C. The fourth-order valence-electron chi connectivity index (χ4n) is 4.25. The maximum Gasteiger partial charge on any atom is 0.407 e. The Kier molecular flexibility index (Phi) is 8.51. The van der Waals surface area contributed by atoms with E-state index in [9.17, 15) is 18.0 Å². The Morgan fingerprint density at radius 2 is 1.81 bits per heavy atom. The molecule has 0 aliphatic heterocycles. The minimum atomic E-state index is -3.88. The van der Waals surface area contributed by atoms with Gasteiger partial charge in [-0.2, -0.15) is 0 Å². The third-order valence-electron chi connectivity index (χ3n) is 5.83. The molecule has 0 spiro atoms. The highest BCUT2D eigenvalue weighted by molar-refractivity contribution is 7.93. The molecule has 2 N–H and O–H groups in total. The first-order valence-corrected chi connectivity index (χ1v) is 12.5. The first-order chi connectivity index (χ1) is 14.5. The number of rotatable bonds is 9. The van der Waals surface area contributed by atoms with E-state index in [-0.39, 0.29) is 30.0 Å². The fraction of sp³-hybridized carbons (Fsp3) is 0.652. The van der Waals surface area contributed by atoms with Crippen LogP contribution in [0.4, 0.5) is 4.79 Å². The van der Waals surface area contributed by atoms with E-state index in [0.717, 1.165) is 5.56 Å². The van der Waals surface area contributed by atoms with Crippen LogP contribution in [0.25, 0.3) is 0 Å². The summed E-state index contributed by atoms with van der Waals surface area (Å²) in [5.74, 6) is -0.201. The zero-order chi connectivity index (χ0) is 23.2. The van der Waals surface area contributed by atoms with Gasteiger partial charge in [0.25, 0.3) is 0 Å². The van der Waals surface area contributed by atoms with Gasteiger partial charge in [0.05, 0.1) is 11.5 Å². The van der Waals surface area contributed by atoms with Gasteiger partial charge >= 0.3 is 6.09 Å². The van der Waals surface area contributed by atoms with E-state index in [1.165, 1.54) is 0 Å². The van der Waals surface area contributed by atoms with Crippen LogP contribution in [-0.2, 0) is 19.4 Å². The molecule has 31 heavy (non-hydrogen) atoms. The summed E-state index contributed by atoms with van der Waals surface area (Å²) < 4.78 is 30.9. The Labute approximate surface area is 186 Å². The van der Waals surface area contributed by atoms with Crippen LogP contribution in [-0.4, -0.2) is 44.4 Å². The van der Waals surface area contributed by atoms with Gasteiger partial charge in [-0.3, -0.25) is 4.79 Å². The average molecular weight is 453 g/mol. The number of amides is 2. The van der Waals surface area contributed by atoms with Crippen LogP contribution in [0.1, 0.15) is 64.0 Å². The Morgan fingerprint density at radius 1 is 1.16 bits per heavy atom. The number of aryl methyl sites for hydroxylation is 2. The van der Waals surface area contributed by atoms with Crippen molar-refractivity contribution in [1.29, 1.82) is 0 Å². The Bertz CT molecular complexity index is 889. The topological polar surface area (TPSA) is 102 Å². The van der Waals surface area contributed by atoms with Gasteiger partial charge in [0.15, 0.2) is 14.6 Å². The van der Waals surface area contributed by atoms with E-state index in [0.29, 0.717) is 37.7 Å². The summed E-state index contributed by atoms with van der Waals surface area (Å²) in [7, 11) is -3.88. The van der Waals surface area contributed by atoms with E-state index in [1.807, 2.05) is 26.8 Å². The van der Waals surface area contributed by atoms with Crippen LogP contribution in [0.3, 0.4) is 0 Å². The number of ether oxygens (including phenoxy) is 1. The molecule has 0 bridgehead atoms. The molecule has 1 unspecified atom stereocenters. The molecule has 0 radical (unpaired) electrons. The van der Waals surface area contributed by atoms with E-state index in [2.05, 4.69) is 10.6 Å². The van der Waals surface area contributed by atoms with Crippen LogP contribution in [0.5, 0.6) is 0 Å². The molecule has 2 amide bonds. The molecular formula is C23H36N2O5S. The molecule has 0 aromatic heterocycles. The minimum absolute atomic E-state index is 0.153. The quantitative estimate of drug-likeness (QED) is 0.595. The lowest BCUT2D eigenvalue weighted by Crippen LogP contribution is -2.54. The Hall–Kier alpha value is -2.09. The molecule has 0 saturated heterocycles. The average Bonchev–Trinajstić information content (AvgIpc) is 3.19. The number of nitrogens with one attached hydrogen (secondary N) is 2. The highest BCUT2D eigenvalue weighted by atomic mass is 32.2. The molecule has 1 fully saturated rings. The van der Waals surface area contributed by atoms with Crippen LogP contribution in [0.2, 0.25) is 0 Å². The van der Waals surface area contributed by atoms with E-state index < -0.39 is 26.6 Å². The molecule has 1 aliphatic carbocycles. The van der Waals surface area contributed by atoms with Gasteiger partial charge in [0, 0.05) is 12.6 Å². The normalized spacial score (nSPS) is 16.7. The van der Waals surface area contributed by atoms with Crippen molar-refractivity contribution in [3.63, 3.8) is 0 Å². The Balaban J connectivity index is 2.26. The lowest BCUT2D eigenvalue weighted by Gasteiger charge is -2.30. The molecule has 1 aromatic rings. The van der Waals surface area contributed by atoms with Crippen LogP contribution < -0.4 is 10.6 Å². The molecule has 174 valence electrons. The smallest absolute Gasteiger partial charge is 0.407 e. The van der Waals surface area contributed by atoms with Crippen molar-refractivity contribution in [3.05, 3.63) is 29.3 Å². The number of benzene rings is 1. The van der Waals surface area contributed by atoms with Gasteiger partial charge < -0.3 is 15.4 Å². The predicted molar refractivity (Wildman–Crippen MR) is 121 cm³/mol. The maximum atomic E-state index is 13.7. The summed E-state index contributed by atoms with van der Waals surface area (Å²) >= 11 is 0. The molecule has 1 aromatic carbocycles. The van der Waals surface area contributed by atoms with Crippen molar-refractivity contribution in [3.8, 4) is 0 Å². The molecule has 7 nitrogen and oxygen atoms in total. The van der Waals surface area contributed by atoms with Crippen molar-refractivity contribution in [2.75, 3.05) is 13.2 Å². The van der Waals surface area contributed by atoms with Gasteiger partial charge in [0.1, 0.15) is 0 Å². The zero-order valence-electron chi connectivity index (χ0n) is 19.3. The van der Waals surface area contributed by atoms with Crippen molar-refractivity contribution in [2.45, 2.75) is 82.4 Å². The van der Waals surface area contributed by atoms with Crippen molar-refractivity contribution in [2.24, 2.45) is 5.92 Å². The van der Waals surface area contributed by atoms with Crippen molar-refractivity contribution >= 4 is 21.8 Å². The molecular weight excluding hydrogens is 416 g/mol. The van der Waals surface area contributed by atoms with Gasteiger partial charge in [0.2, 0.25) is 5.91 Å². The summed E-state index contributed by atoms with van der Waals surface area (Å²) in [6.07, 6.45) is 2.07. The second-order valence-electron chi connectivity index (χ2n) is 8.88. The third-order valence-corrected chi connectivity index (χ3v) is 8.48. The zero-order valence-corrected chi connectivity index (χ0v) is 20.1. The first-order valence-electron chi connectivity index (χ1n) is 11.1. The molecule has 8 heteroatoms. The predicted octanol–water partition coefficient (Wildman–Crippen LogP) is 3.67. The van der Waals surface area contributed by atoms with Gasteiger partial charge in [-0.15, -0.1) is 0 Å². The summed E-state index contributed by atoms with van der Waals surface area (Å²) in [5.41, 5.74) is 1.49. The lowest BCUT2D eigenvalue weighted by atomic mass is 10.0. The number of hydrogen-bond acceptors (Lipinski definition) is 5. The van der Waals surface area contributed by atoms with Gasteiger partial charge in [-0.05, 0) is 63.1 Å².